The fraction of sp³-hybridized carbons (Fsp3) is 0.565. The van der Waals surface area contributed by atoms with Crippen molar-refractivity contribution < 1.29 is 9.53 Å². The number of piperazine rings is 1. The predicted molar refractivity (Wildman–Crippen MR) is 117 cm³/mol. The number of hydrogen-bond donors (Lipinski definition) is 0. The summed E-state index contributed by atoms with van der Waals surface area (Å²) < 4.78 is 5.23. The lowest BCUT2D eigenvalue weighted by Gasteiger charge is -2.35. The molecule has 5 nitrogen and oxygen atoms in total. The Hall–Kier alpha value is -1.92. The molecule has 2 aliphatic rings. The molecule has 2 fully saturated rings. The lowest BCUT2D eigenvalue weighted by molar-refractivity contribution is -0.134. The van der Waals surface area contributed by atoms with E-state index in [1.807, 2.05) is 24.3 Å². The van der Waals surface area contributed by atoms with Crippen LogP contribution in [-0.4, -0.2) is 54.0 Å². The maximum atomic E-state index is 12.6. The van der Waals surface area contributed by atoms with E-state index in [1.165, 1.54) is 32.1 Å². The largest absolute Gasteiger partial charge is 0.497 e. The third-order valence-electron chi connectivity index (χ3n) is 6.21. The van der Waals surface area contributed by atoms with Crippen molar-refractivity contribution in [2.75, 3.05) is 33.3 Å². The van der Waals surface area contributed by atoms with E-state index in [0.717, 1.165) is 61.2 Å². The molecule has 1 aromatic carbocycles. The second-order valence-corrected chi connectivity index (χ2v) is 9.16. The Kier molecular flexibility index (Phi) is 6.82. The van der Waals surface area contributed by atoms with Gasteiger partial charge >= 0.3 is 0 Å². The number of rotatable bonds is 6. The van der Waals surface area contributed by atoms with Crippen LogP contribution in [0.2, 0.25) is 0 Å². The van der Waals surface area contributed by atoms with Gasteiger partial charge in [-0.2, -0.15) is 0 Å². The summed E-state index contributed by atoms with van der Waals surface area (Å²) in [5.41, 5.74) is 2.14. The molecule has 0 spiro atoms. The highest BCUT2D eigenvalue weighted by atomic mass is 32.1. The Labute approximate surface area is 177 Å². The zero-order valence-corrected chi connectivity index (χ0v) is 18.1. The molecule has 2 heterocycles. The molecular weight excluding hydrogens is 382 g/mol. The minimum Gasteiger partial charge on any atom is -0.497 e. The Morgan fingerprint density at radius 3 is 2.52 bits per heavy atom. The van der Waals surface area contributed by atoms with Crippen LogP contribution in [0.4, 0.5) is 0 Å². The smallest absolute Gasteiger partial charge is 0.222 e. The van der Waals surface area contributed by atoms with Crippen LogP contribution in [0.3, 0.4) is 0 Å². The molecule has 0 radical (unpaired) electrons. The summed E-state index contributed by atoms with van der Waals surface area (Å²) >= 11 is 1.71. The van der Waals surface area contributed by atoms with E-state index >= 15 is 0 Å². The monoisotopic (exact) mass is 413 g/mol. The maximum Gasteiger partial charge on any atom is 0.222 e. The van der Waals surface area contributed by atoms with Gasteiger partial charge in [-0.3, -0.25) is 9.69 Å². The number of carbonyl (C=O) groups excluding carboxylic acids is 1. The van der Waals surface area contributed by atoms with E-state index in [4.69, 9.17) is 9.72 Å². The highest BCUT2D eigenvalue weighted by molar-refractivity contribution is 7.09. The lowest BCUT2D eigenvalue weighted by atomic mass is 9.86. The molecule has 0 unspecified atom stereocenters. The average molecular weight is 414 g/mol. The number of hydrogen-bond acceptors (Lipinski definition) is 5. The highest BCUT2D eigenvalue weighted by Crippen LogP contribution is 2.27. The Bertz CT molecular complexity index is 791. The zero-order valence-electron chi connectivity index (χ0n) is 17.3. The summed E-state index contributed by atoms with van der Waals surface area (Å²) in [7, 11) is 1.68. The van der Waals surface area contributed by atoms with Gasteiger partial charge in [-0.05, 0) is 43.0 Å². The Morgan fingerprint density at radius 2 is 1.83 bits per heavy atom. The standard InChI is InChI=1S/C23H31N3O2S/c1-28-20-9-7-19(8-10-20)21-17-29-22(24-21)16-25-11-13-26(14-12-25)23(27)15-18-5-3-2-4-6-18/h7-10,17-18H,2-6,11-16H2,1H3. The van der Waals surface area contributed by atoms with Gasteiger partial charge in [0.2, 0.25) is 5.91 Å². The van der Waals surface area contributed by atoms with Crippen LogP contribution in [0.1, 0.15) is 43.5 Å². The molecule has 1 amide bonds. The van der Waals surface area contributed by atoms with E-state index in [9.17, 15) is 4.79 Å². The number of carbonyl (C=O) groups is 1. The van der Waals surface area contributed by atoms with Crippen LogP contribution in [0, 0.1) is 5.92 Å². The van der Waals surface area contributed by atoms with Crippen LogP contribution in [0.25, 0.3) is 11.3 Å². The molecule has 29 heavy (non-hydrogen) atoms. The van der Waals surface area contributed by atoms with Crippen molar-refractivity contribution in [3.05, 3.63) is 34.7 Å². The number of benzene rings is 1. The summed E-state index contributed by atoms with van der Waals surface area (Å²) in [4.78, 5) is 21.9. The van der Waals surface area contributed by atoms with Crippen molar-refractivity contribution in [1.29, 1.82) is 0 Å². The third-order valence-corrected chi connectivity index (χ3v) is 7.04. The molecule has 0 bridgehead atoms. The normalized spacial score (nSPS) is 18.7. The topological polar surface area (TPSA) is 45.7 Å². The van der Waals surface area contributed by atoms with Crippen LogP contribution >= 0.6 is 11.3 Å². The van der Waals surface area contributed by atoms with Crippen LogP contribution in [0.15, 0.2) is 29.6 Å². The van der Waals surface area contributed by atoms with Crippen molar-refractivity contribution in [2.24, 2.45) is 5.92 Å². The molecule has 1 aliphatic carbocycles. The van der Waals surface area contributed by atoms with Gasteiger partial charge in [0.15, 0.2) is 0 Å². The first-order valence-electron chi connectivity index (χ1n) is 10.8. The summed E-state index contributed by atoms with van der Waals surface area (Å²) in [6, 6.07) is 8.04. The van der Waals surface area contributed by atoms with Gasteiger partial charge in [0.05, 0.1) is 19.3 Å². The second kappa shape index (κ2) is 9.72. The number of nitrogens with zero attached hydrogens (tertiary/aromatic N) is 3. The third kappa shape index (κ3) is 5.37. The van der Waals surface area contributed by atoms with E-state index < -0.39 is 0 Å². The van der Waals surface area contributed by atoms with Gasteiger partial charge in [0.1, 0.15) is 10.8 Å². The summed E-state index contributed by atoms with van der Waals surface area (Å²) in [6.07, 6.45) is 7.20. The number of methoxy groups -OCH3 is 1. The molecule has 0 atom stereocenters. The van der Waals surface area contributed by atoms with E-state index in [0.29, 0.717) is 11.8 Å². The van der Waals surface area contributed by atoms with Crippen LogP contribution in [-0.2, 0) is 11.3 Å². The van der Waals surface area contributed by atoms with Crippen molar-refractivity contribution >= 4 is 17.2 Å². The maximum absolute atomic E-state index is 12.6. The first kappa shape index (κ1) is 20.4. The van der Waals surface area contributed by atoms with Crippen molar-refractivity contribution in [1.82, 2.24) is 14.8 Å². The molecule has 1 aromatic heterocycles. The molecule has 2 aromatic rings. The van der Waals surface area contributed by atoms with Crippen LogP contribution < -0.4 is 4.74 Å². The van der Waals surface area contributed by atoms with Gasteiger partial charge < -0.3 is 9.64 Å². The quantitative estimate of drug-likeness (QED) is 0.703. The molecule has 1 aliphatic heterocycles. The van der Waals surface area contributed by atoms with Gasteiger partial charge in [0.25, 0.3) is 0 Å². The minimum absolute atomic E-state index is 0.368. The van der Waals surface area contributed by atoms with Crippen molar-refractivity contribution in [3.63, 3.8) is 0 Å². The lowest BCUT2D eigenvalue weighted by Crippen LogP contribution is -2.48. The summed E-state index contributed by atoms with van der Waals surface area (Å²) in [5.74, 6) is 1.86. The van der Waals surface area contributed by atoms with Gasteiger partial charge in [-0.15, -0.1) is 11.3 Å². The molecule has 4 rings (SSSR count). The number of ether oxygens (including phenoxy) is 1. The molecule has 1 saturated heterocycles. The average Bonchev–Trinajstić information content (AvgIpc) is 3.23. The number of thiazole rings is 1. The number of aromatic nitrogens is 1. The fourth-order valence-electron chi connectivity index (χ4n) is 4.39. The SMILES string of the molecule is COc1ccc(-c2csc(CN3CCN(C(=O)CC4CCCCC4)CC3)n2)cc1. The Morgan fingerprint density at radius 1 is 1.10 bits per heavy atom. The molecular formula is C23H31N3O2S. The van der Waals surface area contributed by atoms with Gasteiger partial charge in [-0.1, -0.05) is 19.3 Å². The molecule has 1 saturated carbocycles. The zero-order chi connectivity index (χ0) is 20.1. The fourth-order valence-corrected chi connectivity index (χ4v) is 5.24. The van der Waals surface area contributed by atoms with Crippen molar-refractivity contribution in [2.45, 2.75) is 45.1 Å². The van der Waals surface area contributed by atoms with Gasteiger partial charge in [0, 0.05) is 43.5 Å². The summed E-state index contributed by atoms with van der Waals surface area (Å²) in [5, 5.41) is 3.26. The first-order chi connectivity index (χ1) is 14.2. The molecule has 0 N–H and O–H groups in total. The predicted octanol–water partition coefficient (Wildman–Crippen LogP) is 4.43. The van der Waals surface area contributed by atoms with E-state index in [-0.39, 0.29) is 0 Å². The second-order valence-electron chi connectivity index (χ2n) is 8.22. The minimum atomic E-state index is 0.368. The van der Waals surface area contributed by atoms with E-state index in [2.05, 4.69) is 15.2 Å². The van der Waals surface area contributed by atoms with Crippen molar-refractivity contribution in [3.8, 4) is 17.0 Å². The summed E-state index contributed by atoms with van der Waals surface area (Å²) in [6.45, 7) is 4.44. The highest BCUT2D eigenvalue weighted by Gasteiger charge is 2.24. The molecule has 6 heteroatoms. The van der Waals surface area contributed by atoms with Gasteiger partial charge in [-0.25, -0.2) is 4.98 Å². The number of amides is 1. The van der Waals surface area contributed by atoms with E-state index in [1.54, 1.807) is 18.4 Å². The van der Waals surface area contributed by atoms with Crippen LogP contribution in [0.5, 0.6) is 5.75 Å². The Balaban J connectivity index is 1.25. The first-order valence-corrected chi connectivity index (χ1v) is 11.7. The molecule has 156 valence electrons.